The van der Waals surface area contributed by atoms with Gasteiger partial charge < -0.3 is 10.6 Å². The highest BCUT2D eigenvalue weighted by molar-refractivity contribution is 5.48. The Hall–Kier alpha value is -1.72. The number of halogens is 3. The third-order valence-electron chi connectivity index (χ3n) is 2.01. The van der Waals surface area contributed by atoms with Crippen molar-refractivity contribution in [3.63, 3.8) is 0 Å². The van der Waals surface area contributed by atoms with Gasteiger partial charge in [-0.25, -0.2) is 4.98 Å². The summed E-state index contributed by atoms with van der Waals surface area (Å²) in [5.41, 5.74) is 0.520. The van der Waals surface area contributed by atoms with E-state index in [0.717, 1.165) is 0 Å². The Morgan fingerprint density at radius 1 is 1.21 bits per heavy atom. The van der Waals surface area contributed by atoms with Gasteiger partial charge in [0.1, 0.15) is 12.4 Å². The number of hydrogen-bond donors (Lipinski definition) is 2. The quantitative estimate of drug-likeness (QED) is 0.882. The van der Waals surface area contributed by atoms with E-state index < -0.39 is 12.7 Å². The molecule has 0 fully saturated rings. The first kappa shape index (κ1) is 15.3. The molecule has 0 amide bonds. The van der Waals surface area contributed by atoms with Gasteiger partial charge in [0.05, 0.1) is 5.69 Å². The van der Waals surface area contributed by atoms with Crippen molar-refractivity contribution in [1.82, 2.24) is 10.3 Å². The second-order valence-corrected chi connectivity index (χ2v) is 5.14. The van der Waals surface area contributed by atoms with Crippen LogP contribution in [-0.4, -0.2) is 23.2 Å². The summed E-state index contributed by atoms with van der Waals surface area (Å²) in [6, 6.07) is 4.88. The van der Waals surface area contributed by atoms with Gasteiger partial charge in [-0.05, 0) is 45.2 Å². The molecular formula is C13H18F3N3. The zero-order valence-corrected chi connectivity index (χ0v) is 11.2. The summed E-state index contributed by atoms with van der Waals surface area (Å²) in [4.78, 5) is 4.06. The van der Waals surface area contributed by atoms with Crippen LogP contribution in [0.15, 0.2) is 24.4 Å². The van der Waals surface area contributed by atoms with Crippen LogP contribution in [0.5, 0.6) is 0 Å². The SMILES string of the molecule is CC(C)(C)N/C=C/c1cccc(NCC(F)(F)F)n1. The lowest BCUT2D eigenvalue weighted by Crippen LogP contribution is -2.30. The van der Waals surface area contributed by atoms with E-state index in [2.05, 4.69) is 15.6 Å². The van der Waals surface area contributed by atoms with Crippen LogP contribution in [-0.2, 0) is 0 Å². The molecule has 0 saturated carbocycles. The topological polar surface area (TPSA) is 37.0 Å². The Bertz CT molecular complexity index is 433. The minimum Gasteiger partial charge on any atom is -0.386 e. The van der Waals surface area contributed by atoms with Gasteiger partial charge in [0.2, 0.25) is 0 Å². The number of alkyl halides is 3. The zero-order valence-electron chi connectivity index (χ0n) is 11.2. The Balaban J connectivity index is 2.62. The summed E-state index contributed by atoms with van der Waals surface area (Å²) >= 11 is 0. The highest BCUT2D eigenvalue weighted by Crippen LogP contribution is 2.15. The predicted molar refractivity (Wildman–Crippen MR) is 70.7 cm³/mol. The van der Waals surface area contributed by atoms with E-state index in [4.69, 9.17) is 0 Å². The molecule has 2 N–H and O–H groups in total. The van der Waals surface area contributed by atoms with Crippen molar-refractivity contribution >= 4 is 11.9 Å². The van der Waals surface area contributed by atoms with Crippen molar-refractivity contribution in [3.05, 3.63) is 30.1 Å². The summed E-state index contributed by atoms with van der Waals surface area (Å²) in [6.45, 7) is 4.93. The van der Waals surface area contributed by atoms with E-state index in [1.807, 2.05) is 20.8 Å². The number of aromatic nitrogens is 1. The van der Waals surface area contributed by atoms with Gasteiger partial charge in [0.25, 0.3) is 0 Å². The van der Waals surface area contributed by atoms with Crippen LogP contribution in [0.1, 0.15) is 26.5 Å². The molecule has 1 aromatic rings. The lowest BCUT2D eigenvalue weighted by atomic mass is 10.1. The average molecular weight is 273 g/mol. The van der Waals surface area contributed by atoms with Crippen molar-refractivity contribution in [2.24, 2.45) is 0 Å². The van der Waals surface area contributed by atoms with E-state index in [-0.39, 0.29) is 11.4 Å². The van der Waals surface area contributed by atoms with Crippen LogP contribution in [0.25, 0.3) is 6.08 Å². The normalized spacial score (nSPS) is 12.7. The maximum absolute atomic E-state index is 12.1. The van der Waals surface area contributed by atoms with Gasteiger partial charge in [-0.3, -0.25) is 0 Å². The first-order chi connectivity index (χ1) is 8.66. The summed E-state index contributed by atoms with van der Waals surface area (Å²) < 4.78 is 36.2. The van der Waals surface area contributed by atoms with Crippen LogP contribution >= 0.6 is 0 Å². The molecule has 1 aromatic heterocycles. The van der Waals surface area contributed by atoms with Crippen LogP contribution in [0.2, 0.25) is 0 Å². The number of rotatable bonds is 4. The highest BCUT2D eigenvalue weighted by atomic mass is 19.4. The first-order valence-corrected chi connectivity index (χ1v) is 5.88. The summed E-state index contributed by atoms with van der Waals surface area (Å²) in [7, 11) is 0. The van der Waals surface area contributed by atoms with Crippen LogP contribution in [0.4, 0.5) is 19.0 Å². The number of nitrogens with zero attached hydrogens (tertiary/aromatic N) is 1. The minimum absolute atomic E-state index is 0.0668. The van der Waals surface area contributed by atoms with Crippen molar-refractivity contribution in [2.75, 3.05) is 11.9 Å². The highest BCUT2D eigenvalue weighted by Gasteiger charge is 2.26. The fraction of sp³-hybridized carbons (Fsp3) is 0.462. The predicted octanol–water partition coefficient (Wildman–Crippen LogP) is 3.41. The van der Waals surface area contributed by atoms with Gasteiger partial charge in [-0.1, -0.05) is 6.07 Å². The van der Waals surface area contributed by atoms with Crippen molar-refractivity contribution in [3.8, 4) is 0 Å². The van der Waals surface area contributed by atoms with Crippen molar-refractivity contribution in [2.45, 2.75) is 32.5 Å². The molecule has 0 aliphatic heterocycles. The molecule has 0 aliphatic carbocycles. The molecule has 19 heavy (non-hydrogen) atoms. The molecule has 0 aromatic carbocycles. The molecule has 106 valence electrons. The molecule has 0 saturated heterocycles. The largest absolute Gasteiger partial charge is 0.405 e. The Labute approximate surface area is 110 Å². The molecule has 3 nitrogen and oxygen atoms in total. The molecule has 1 heterocycles. The average Bonchev–Trinajstić information content (AvgIpc) is 2.24. The fourth-order valence-electron chi connectivity index (χ4n) is 1.21. The van der Waals surface area contributed by atoms with Gasteiger partial charge >= 0.3 is 6.18 Å². The second kappa shape index (κ2) is 5.95. The molecule has 0 aliphatic rings. The van der Waals surface area contributed by atoms with Gasteiger partial charge in [0, 0.05) is 5.54 Å². The summed E-state index contributed by atoms with van der Waals surface area (Å²) in [5.74, 6) is 0.204. The third-order valence-corrected chi connectivity index (χ3v) is 2.01. The van der Waals surface area contributed by atoms with Crippen molar-refractivity contribution in [1.29, 1.82) is 0 Å². The third kappa shape index (κ3) is 7.33. The molecule has 0 atom stereocenters. The maximum atomic E-state index is 12.1. The van der Waals surface area contributed by atoms with Gasteiger partial charge in [-0.2, -0.15) is 13.2 Å². The lowest BCUT2D eigenvalue weighted by molar-refractivity contribution is -0.115. The van der Waals surface area contributed by atoms with Crippen molar-refractivity contribution < 1.29 is 13.2 Å². The van der Waals surface area contributed by atoms with E-state index >= 15 is 0 Å². The zero-order chi connectivity index (χ0) is 14.5. The van der Waals surface area contributed by atoms with Crippen LogP contribution < -0.4 is 10.6 Å². The standard InChI is InChI=1S/C13H18F3N3/c1-12(2,3)18-8-7-10-5-4-6-11(19-10)17-9-13(14,15)16/h4-8,18H,9H2,1-3H3,(H,17,19)/b8-7+. The van der Waals surface area contributed by atoms with E-state index in [0.29, 0.717) is 5.69 Å². The Kier molecular flexibility index (Phi) is 4.80. The fourth-order valence-corrected chi connectivity index (χ4v) is 1.21. The van der Waals surface area contributed by atoms with E-state index in [9.17, 15) is 13.2 Å². The lowest BCUT2D eigenvalue weighted by Gasteiger charge is -2.18. The molecule has 1 rings (SSSR count). The second-order valence-electron chi connectivity index (χ2n) is 5.14. The molecular weight excluding hydrogens is 255 g/mol. The number of hydrogen-bond acceptors (Lipinski definition) is 3. The smallest absolute Gasteiger partial charge is 0.386 e. The number of anilines is 1. The summed E-state index contributed by atoms with van der Waals surface area (Å²) in [6.07, 6.45) is -0.804. The molecule has 0 spiro atoms. The molecule has 0 radical (unpaired) electrons. The van der Waals surface area contributed by atoms with Crippen LogP contribution in [0, 0.1) is 0 Å². The van der Waals surface area contributed by atoms with E-state index in [1.165, 1.54) is 6.07 Å². The summed E-state index contributed by atoms with van der Waals surface area (Å²) in [5, 5.41) is 5.37. The van der Waals surface area contributed by atoms with Gasteiger partial charge in [-0.15, -0.1) is 0 Å². The number of nitrogens with one attached hydrogen (secondary N) is 2. The molecule has 6 heteroatoms. The Morgan fingerprint density at radius 2 is 1.89 bits per heavy atom. The number of pyridine rings is 1. The van der Waals surface area contributed by atoms with Gasteiger partial charge in [0.15, 0.2) is 0 Å². The molecule has 0 bridgehead atoms. The monoisotopic (exact) mass is 273 g/mol. The van der Waals surface area contributed by atoms with Crippen LogP contribution in [0.3, 0.4) is 0 Å². The first-order valence-electron chi connectivity index (χ1n) is 5.88. The maximum Gasteiger partial charge on any atom is 0.405 e. The minimum atomic E-state index is -4.25. The molecule has 0 unspecified atom stereocenters. The van der Waals surface area contributed by atoms with E-state index in [1.54, 1.807) is 24.4 Å². The Morgan fingerprint density at radius 3 is 2.47 bits per heavy atom.